The molecule has 0 radical (unpaired) electrons. The van der Waals surface area contributed by atoms with Crippen molar-refractivity contribution in [2.45, 2.75) is 25.8 Å². The van der Waals surface area contributed by atoms with Crippen molar-refractivity contribution < 1.29 is 19.8 Å². The molecule has 182 valence electrons. The van der Waals surface area contributed by atoms with E-state index in [1.54, 1.807) is 48.5 Å². The minimum atomic E-state index is -1.13. The predicted molar refractivity (Wildman–Crippen MR) is 142 cm³/mol. The second-order valence-electron chi connectivity index (χ2n) is 8.47. The first-order valence-corrected chi connectivity index (χ1v) is 11.9. The Labute approximate surface area is 213 Å². The second-order valence-corrected chi connectivity index (χ2v) is 8.91. The van der Waals surface area contributed by atoms with Crippen molar-refractivity contribution in [2.75, 3.05) is 0 Å². The lowest BCUT2D eigenvalue weighted by Crippen LogP contribution is -2.36. The highest BCUT2D eigenvalue weighted by molar-refractivity contribution is 6.30. The summed E-state index contributed by atoms with van der Waals surface area (Å²) in [5.74, 6) is -1.39. The van der Waals surface area contributed by atoms with Gasteiger partial charge in [-0.3, -0.25) is 4.79 Å². The van der Waals surface area contributed by atoms with Gasteiger partial charge in [0.05, 0.1) is 11.1 Å². The van der Waals surface area contributed by atoms with Crippen molar-refractivity contribution in [1.29, 1.82) is 0 Å². The number of halogens is 1. The topological polar surface area (TPSA) is 99.5 Å². The molecule has 7 heteroatoms. The van der Waals surface area contributed by atoms with Gasteiger partial charge in [-0.25, -0.2) is 9.78 Å². The van der Waals surface area contributed by atoms with E-state index in [0.29, 0.717) is 28.8 Å². The summed E-state index contributed by atoms with van der Waals surface area (Å²) in [6.45, 7) is 1.96. The lowest BCUT2D eigenvalue weighted by Gasteiger charge is -2.17. The van der Waals surface area contributed by atoms with Crippen LogP contribution < -0.4 is 5.32 Å². The van der Waals surface area contributed by atoms with Crippen molar-refractivity contribution in [3.05, 3.63) is 106 Å². The maximum absolute atomic E-state index is 13.0. The van der Waals surface area contributed by atoms with Gasteiger partial charge in [-0.05, 0) is 72.0 Å². The molecule has 1 amide bonds. The van der Waals surface area contributed by atoms with Crippen molar-refractivity contribution in [3.63, 3.8) is 0 Å². The van der Waals surface area contributed by atoms with Gasteiger partial charge in [0.25, 0.3) is 5.91 Å². The van der Waals surface area contributed by atoms with E-state index in [1.165, 1.54) is 6.07 Å². The third kappa shape index (κ3) is 6.09. The molecular formula is C29H25ClN2O4. The number of amides is 1. The number of phenols is 1. The van der Waals surface area contributed by atoms with Gasteiger partial charge in [-0.15, -0.1) is 0 Å². The fourth-order valence-corrected chi connectivity index (χ4v) is 4.01. The summed E-state index contributed by atoms with van der Waals surface area (Å²) in [7, 11) is 0. The second kappa shape index (κ2) is 11.1. The number of aromatic hydroxyl groups is 1. The van der Waals surface area contributed by atoms with Crippen LogP contribution in [0.25, 0.3) is 23.1 Å². The number of nitrogens with zero attached hydrogens (tertiary/aromatic N) is 1. The summed E-state index contributed by atoms with van der Waals surface area (Å²) < 4.78 is 0. The smallest absolute Gasteiger partial charge is 0.336 e. The lowest BCUT2D eigenvalue weighted by molar-refractivity contribution is 0.0699. The van der Waals surface area contributed by atoms with Crippen LogP contribution in [0.4, 0.5) is 0 Å². The van der Waals surface area contributed by atoms with E-state index in [-0.39, 0.29) is 23.0 Å². The number of pyridine rings is 1. The standard InChI is InChI=1S/C29H25ClN2O4/c1-2-22(15-19-7-12-23(33)13-8-19)31-28(34)27-17-25(29(35)36)24-16-20(9-14-26(24)32-27)4-3-18-5-10-21(30)11-6-18/h3-14,16-17,22,33H,2,15H2,1H3,(H,31,34)(H,35,36)/b4-3+. The van der Waals surface area contributed by atoms with E-state index >= 15 is 0 Å². The number of carboxylic acids is 1. The van der Waals surface area contributed by atoms with Crippen LogP contribution >= 0.6 is 11.6 Å². The molecule has 0 saturated carbocycles. The quantitative estimate of drug-likeness (QED) is 0.250. The molecule has 0 bridgehead atoms. The number of carboxylic acid groups (broad SMARTS) is 1. The number of aromatic carboxylic acids is 1. The highest BCUT2D eigenvalue weighted by Gasteiger charge is 2.19. The summed E-state index contributed by atoms with van der Waals surface area (Å²) in [6, 6.07) is 20.6. The molecule has 0 saturated heterocycles. The zero-order valence-corrected chi connectivity index (χ0v) is 20.4. The van der Waals surface area contributed by atoms with Gasteiger partial charge in [0.2, 0.25) is 0 Å². The maximum Gasteiger partial charge on any atom is 0.336 e. The molecule has 4 rings (SSSR count). The lowest BCUT2D eigenvalue weighted by atomic mass is 10.0. The molecule has 4 aromatic rings. The number of phenolic OH excluding ortho intramolecular Hbond substituents is 1. The normalized spacial score (nSPS) is 12.1. The minimum absolute atomic E-state index is 0.0125. The van der Waals surface area contributed by atoms with Crippen LogP contribution in [0.2, 0.25) is 5.02 Å². The molecule has 1 atom stereocenters. The van der Waals surface area contributed by atoms with Gasteiger partial charge >= 0.3 is 5.97 Å². The zero-order chi connectivity index (χ0) is 25.7. The first kappa shape index (κ1) is 24.9. The predicted octanol–water partition coefficient (Wildman–Crippen LogP) is 6.21. The van der Waals surface area contributed by atoms with Crippen LogP contribution in [0.5, 0.6) is 5.75 Å². The molecule has 0 spiro atoms. The SMILES string of the molecule is CCC(Cc1ccc(O)cc1)NC(=O)c1cc(C(=O)O)c2cc(/C=C/c3ccc(Cl)cc3)ccc2n1. The van der Waals surface area contributed by atoms with Crippen molar-refractivity contribution in [3.8, 4) is 5.75 Å². The number of hydrogen-bond donors (Lipinski definition) is 3. The Bertz CT molecular complexity index is 1430. The van der Waals surface area contributed by atoms with Crippen molar-refractivity contribution in [1.82, 2.24) is 10.3 Å². The Balaban J connectivity index is 1.58. The molecular weight excluding hydrogens is 476 g/mol. The molecule has 6 nitrogen and oxygen atoms in total. The van der Waals surface area contributed by atoms with Gasteiger partial charge in [0, 0.05) is 16.5 Å². The van der Waals surface area contributed by atoms with Crippen LogP contribution in [0, 0.1) is 0 Å². The average molecular weight is 501 g/mol. The van der Waals surface area contributed by atoms with Crippen molar-refractivity contribution >= 4 is 46.5 Å². The van der Waals surface area contributed by atoms with E-state index in [2.05, 4.69) is 10.3 Å². The monoisotopic (exact) mass is 500 g/mol. The van der Waals surface area contributed by atoms with Gasteiger partial charge < -0.3 is 15.5 Å². The zero-order valence-electron chi connectivity index (χ0n) is 19.6. The summed E-state index contributed by atoms with van der Waals surface area (Å²) >= 11 is 5.93. The number of rotatable bonds is 8. The number of carbonyl (C=O) groups excluding carboxylic acids is 1. The average Bonchev–Trinajstić information content (AvgIpc) is 2.88. The molecule has 0 fully saturated rings. The highest BCUT2D eigenvalue weighted by atomic mass is 35.5. The third-order valence-corrected chi connectivity index (χ3v) is 6.13. The fourth-order valence-electron chi connectivity index (χ4n) is 3.88. The van der Waals surface area contributed by atoms with Gasteiger partial charge in [0.15, 0.2) is 0 Å². The molecule has 0 aliphatic rings. The van der Waals surface area contributed by atoms with Gasteiger partial charge in [-0.1, -0.05) is 61.0 Å². The number of hydrogen-bond acceptors (Lipinski definition) is 4. The minimum Gasteiger partial charge on any atom is -0.508 e. The van der Waals surface area contributed by atoms with Gasteiger partial charge in [0.1, 0.15) is 11.4 Å². The van der Waals surface area contributed by atoms with Crippen LogP contribution in [0.15, 0.2) is 72.8 Å². The Morgan fingerprint density at radius 1 is 0.972 bits per heavy atom. The number of fused-ring (bicyclic) bond motifs is 1. The van der Waals surface area contributed by atoms with E-state index in [4.69, 9.17) is 11.6 Å². The highest BCUT2D eigenvalue weighted by Crippen LogP contribution is 2.22. The van der Waals surface area contributed by atoms with Crippen LogP contribution in [0.1, 0.15) is 50.9 Å². The number of aromatic nitrogens is 1. The third-order valence-electron chi connectivity index (χ3n) is 5.88. The Morgan fingerprint density at radius 3 is 2.31 bits per heavy atom. The fraction of sp³-hybridized carbons (Fsp3) is 0.138. The Kier molecular flexibility index (Phi) is 7.66. The first-order chi connectivity index (χ1) is 17.3. The molecule has 36 heavy (non-hydrogen) atoms. The maximum atomic E-state index is 13.0. The Hall–Kier alpha value is -4.16. The van der Waals surface area contributed by atoms with E-state index in [9.17, 15) is 19.8 Å². The first-order valence-electron chi connectivity index (χ1n) is 11.5. The summed E-state index contributed by atoms with van der Waals surface area (Å²) in [5, 5.41) is 23.4. The van der Waals surface area contributed by atoms with E-state index in [1.807, 2.05) is 37.3 Å². The summed E-state index contributed by atoms with van der Waals surface area (Å²) in [5.41, 5.74) is 3.22. The molecule has 0 aliphatic carbocycles. The van der Waals surface area contributed by atoms with E-state index in [0.717, 1.165) is 16.7 Å². The number of benzene rings is 3. The van der Waals surface area contributed by atoms with Crippen LogP contribution in [-0.4, -0.2) is 33.1 Å². The van der Waals surface area contributed by atoms with E-state index < -0.39 is 11.9 Å². The molecule has 3 N–H and O–H groups in total. The van der Waals surface area contributed by atoms with Crippen LogP contribution in [0.3, 0.4) is 0 Å². The largest absolute Gasteiger partial charge is 0.508 e. The van der Waals surface area contributed by atoms with Crippen molar-refractivity contribution in [2.24, 2.45) is 0 Å². The summed E-state index contributed by atoms with van der Waals surface area (Å²) in [4.78, 5) is 29.5. The number of carbonyl (C=O) groups is 2. The molecule has 1 heterocycles. The molecule has 1 unspecified atom stereocenters. The Morgan fingerprint density at radius 2 is 1.64 bits per heavy atom. The van der Waals surface area contributed by atoms with Crippen LogP contribution in [-0.2, 0) is 6.42 Å². The summed E-state index contributed by atoms with van der Waals surface area (Å²) in [6.07, 6.45) is 5.04. The molecule has 3 aromatic carbocycles. The van der Waals surface area contributed by atoms with Gasteiger partial charge in [-0.2, -0.15) is 0 Å². The molecule has 0 aliphatic heterocycles. The number of nitrogens with one attached hydrogen (secondary N) is 1. The molecule has 1 aromatic heterocycles.